The van der Waals surface area contributed by atoms with E-state index in [-0.39, 0.29) is 5.91 Å². The zero-order chi connectivity index (χ0) is 17.1. The molecule has 0 aromatic heterocycles. The largest absolute Gasteiger partial charge is 0.486 e. The van der Waals surface area contributed by atoms with Crippen LogP contribution in [0.5, 0.6) is 11.5 Å². The number of para-hydroxylation sites is 1. The van der Waals surface area contributed by atoms with Crippen molar-refractivity contribution in [3.05, 3.63) is 53.6 Å². The van der Waals surface area contributed by atoms with Gasteiger partial charge in [0.2, 0.25) is 5.91 Å². The fourth-order valence-corrected chi connectivity index (χ4v) is 3.33. The van der Waals surface area contributed by atoms with Gasteiger partial charge < -0.3 is 19.7 Å². The first-order valence-corrected chi connectivity index (χ1v) is 8.79. The molecule has 2 heterocycles. The summed E-state index contributed by atoms with van der Waals surface area (Å²) in [5, 5.41) is 3.45. The maximum atomic E-state index is 11.8. The molecule has 0 atom stereocenters. The number of hydrogen-bond donors (Lipinski definition) is 1. The number of benzene rings is 2. The number of ether oxygens (including phenoxy) is 2. The topological polar surface area (TPSA) is 50.8 Å². The van der Waals surface area contributed by atoms with Crippen LogP contribution >= 0.6 is 0 Å². The molecular weight excluding hydrogens is 316 g/mol. The van der Waals surface area contributed by atoms with Crippen molar-refractivity contribution in [3.63, 3.8) is 0 Å². The zero-order valence-corrected chi connectivity index (χ0v) is 14.2. The number of carbonyl (C=O) groups is 1. The lowest BCUT2D eigenvalue weighted by Crippen LogP contribution is -2.23. The highest BCUT2D eigenvalue weighted by Gasteiger charge is 2.21. The van der Waals surface area contributed by atoms with Gasteiger partial charge in [-0.05, 0) is 30.2 Å². The van der Waals surface area contributed by atoms with Gasteiger partial charge in [0.25, 0.3) is 0 Å². The Bertz CT molecular complexity index is 758. The molecule has 4 rings (SSSR count). The third-order valence-corrected chi connectivity index (χ3v) is 4.61. The highest BCUT2D eigenvalue weighted by Crippen LogP contribution is 2.33. The third kappa shape index (κ3) is 3.46. The van der Waals surface area contributed by atoms with Gasteiger partial charge in [-0.25, -0.2) is 0 Å². The van der Waals surface area contributed by atoms with Gasteiger partial charge >= 0.3 is 0 Å². The highest BCUT2D eigenvalue weighted by molar-refractivity contribution is 5.95. The van der Waals surface area contributed by atoms with Crippen LogP contribution < -0.4 is 19.7 Å². The molecular formula is C20H22N2O3. The molecule has 0 radical (unpaired) electrons. The summed E-state index contributed by atoms with van der Waals surface area (Å²) >= 11 is 0. The van der Waals surface area contributed by atoms with Crippen LogP contribution in [-0.4, -0.2) is 25.7 Å². The van der Waals surface area contributed by atoms with E-state index in [4.69, 9.17) is 9.47 Å². The van der Waals surface area contributed by atoms with Crippen LogP contribution in [0.25, 0.3) is 0 Å². The molecule has 25 heavy (non-hydrogen) atoms. The Morgan fingerprint density at radius 3 is 2.64 bits per heavy atom. The van der Waals surface area contributed by atoms with E-state index < -0.39 is 0 Å². The fraction of sp³-hybridized carbons (Fsp3) is 0.350. The van der Waals surface area contributed by atoms with Crippen LogP contribution in [0.2, 0.25) is 0 Å². The van der Waals surface area contributed by atoms with E-state index in [0.717, 1.165) is 48.8 Å². The lowest BCUT2D eigenvalue weighted by molar-refractivity contribution is -0.117. The van der Waals surface area contributed by atoms with Crippen LogP contribution in [0.1, 0.15) is 24.0 Å². The number of rotatable bonds is 5. The van der Waals surface area contributed by atoms with E-state index in [1.807, 2.05) is 29.2 Å². The van der Waals surface area contributed by atoms with Crippen molar-refractivity contribution in [2.75, 3.05) is 24.7 Å². The minimum Gasteiger partial charge on any atom is -0.486 e. The predicted molar refractivity (Wildman–Crippen MR) is 96.0 cm³/mol. The molecule has 5 nitrogen and oxygen atoms in total. The quantitative estimate of drug-likeness (QED) is 0.911. The van der Waals surface area contributed by atoms with Gasteiger partial charge in [0, 0.05) is 37.3 Å². The Kier molecular flexibility index (Phi) is 4.57. The molecule has 2 aliphatic heterocycles. The first kappa shape index (κ1) is 16.0. The molecule has 2 aromatic rings. The Morgan fingerprint density at radius 1 is 1.00 bits per heavy atom. The van der Waals surface area contributed by atoms with Crippen molar-refractivity contribution in [1.82, 2.24) is 5.32 Å². The second kappa shape index (κ2) is 7.15. The monoisotopic (exact) mass is 338 g/mol. The Labute approximate surface area is 147 Å². The lowest BCUT2D eigenvalue weighted by atomic mass is 10.1. The molecule has 1 fully saturated rings. The lowest BCUT2D eigenvalue weighted by Gasteiger charge is -2.21. The Hall–Kier alpha value is -2.53. The summed E-state index contributed by atoms with van der Waals surface area (Å²) in [6.45, 7) is 3.52. The summed E-state index contributed by atoms with van der Waals surface area (Å²) in [5.74, 6) is 1.90. The summed E-state index contributed by atoms with van der Waals surface area (Å²) in [7, 11) is 0. The Morgan fingerprint density at radius 2 is 1.84 bits per heavy atom. The number of hydrogen-bond acceptors (Lipinski definition) is 4. The van der Waals surface area contributed by atoms with Gasteiger partial charge in [0.15, 0.2) is 11.5 Å². The van der Waals surface area contributed by atoms with Crippen LogP contribution in [0.4, 0.5) is 5.69 Å². The van der Waals surface area contributed by atoms with Crippen molar-refractivity contribution in [2.45, 2.75) is 25.9 Å². The van der Waals surface area contributed by atoms with Crippen molar-refractivity contribution in [1.29, 1.82) is 0 Å². The molecule has 130 valence electrons. The molecule has 2 aliphatic rings. The molecule has 0 spiro atoms. The summed E-state index contributed by atoms with van der Waals surface area (Å²) < 4.78 is 11.4. The molecule has 1 saturated heterocycles. The Balaban J connectivity index is 1.35. The van der Waals surface area contributed by atoms with Crippen molar-refractivity contribution in [3.8, 4) is 11.5 Å². The van der Waals surface area contributed by atoms with E-state index in [9.17, 15) is 4.79 Å². The summed E-state index contributed by atoms with van der Waals surface area (Å²) in [6, 6.07) is 14.2. The second-order valence-corrected chi connectivity index (χ2v) is 6.36. The van der Waals surface area contributed by atoms with E-state index >= 15 is 0 Å². The first-order valence-electron chi connectivity index (χ1n) is 8.79. The minimum atomic E-state index is 0.224. The molecule has 0 saturated carbocycles. The molecule has 0 unspecified atom stereocenters. The number of carbonyl (C=O) groups excluding carboxylic acids is 1. The molecule has 2 aromatic carbocycles. The predicted octanol–water partition coefficient (Wildman–Crippen LogP) is 2.87. The van der Waals surface area contributed by atoms with E-state index in [1.54, 1.807) is 0 Å². The first-order chi connectivity index (χ1) is 12.3. The standard InChI is InChI=1S/C20H22N2O3/c23-19-5-2-10-22(19)17-8-6-15(7-9-17)13-21-14-16-3-1-4-18-20(16)25-12-11-24-18/h1,3-4,6-9,21H,2,5,10-14H2. The van der Waals surface area contributed by atoms with E-state index in [0.29, 0.717) is 19.6 Å². The maximum absolute atomic E-state index is 11.8. The molecule has 0 aliphatic carbocycles. The van der Waals surface area contributed by atoms with Crippen molar-refractivity contribution in [2.24, 2.45) is 0 Å². The highest BCUT2D eigenvalue weighted by atomic mass is 16.6. The van der Waals surface area contributed by atoms with Crippen LogP contribution in [0.3, 0.4) is 0 Å². The molecule has 1 N–H and O–H groups in total. The van der Waals surface area contributed by atoms with E-state index in [2.05, 4.69) is 23.5 Å². The van der Waals surface area contributed by atoms with Crippen molar-refractivity contribution >= 4 is 11.6 Å². The second-order valence-electron chi connectivity index (χ2n) is 6.36. The van der Waals surface area contributed by atoms with Gasteiger partial charge in [-0.15, -0.1) is 0 Å². The average Bonchev–Trinajstić information content (AvgIpc) is 3.08. The van der Waals surface area contributed by atoms with Crippen LogP contribution in [0.15, 0.2) is 42.5 Å². The third-order valence-electron chi connectivity index (χ3n) is 4.61. The normalized spacial score (nSPS) is 16.3. The number of nitrogens with one attached hydrogen (secondary N) is 1. The van der Waals surface area contributed by atoms with Gasteiger partial charge in [-0.2, -0.15) is 0 Å². The van der Waals surface area contributed by atoms with Gasteiger partial charge in [0.1, 0.15) is 13.2 Å². The molecule has 5 heteroatoms. The summed E-state index contributed by atoms with van der Waals surface area (Å²) in [4.78, 5) is 13.7. The number of amides is 1. The maximum Gasteiger partial charge on any atom is 0.227 e. The zero-order valence-electron chi connectivity index (χ0n) is 14.2. The van der Waals surface area contributed by atoms with Crippen molar-refractivity contribution < 1.29 is 14.3 Å². The fourth-order valence-electron chi connectivity index (χ4n) is 3.33. The minimum absolute atomic E-state index is 0.224. The SMILES string of the molecule is O=C1CCCN1c1ccc(CNCc2cccc3c2OCCO3)cc1. The molecule has 0 bridgehead atoms. The number of anilines is 1. The number of fused-ring (bicyclic) bond motifs is 1. The van der Waals surface area contributed by atoms with Crippen LogP contribution in [0, 0.1) is 0 Å². The van der Waals surface area contributed by atoms with Gasteiger partial charge in [0.05, 0.1) is 0 Å². The average molecular weight is 338 g/mol. The van der Waals surface area contributed by atoms with Gasteiger partial charge in [-0.3, -0.25) is 4.79 Å². The molecule has 1 amide bonds. The summed E-state index contributed by atoms with van der Waals surface area (Å²) in [6.07, 6.45) is 1.62. The summed E-state index contributed by atoms with van der Waals surface area (Å²) in [5.41, 5.74) is 3.29. The van der Waals surface area contributed by atoms with Gasteiger partial charge in [-0.1, -0.05) is 24.3 Å². The number of nitrogens with zero attached hydrogens (tertiary/aromatic N) is 1. The smallest absolute Gasteiger partial charge is 0.227 e. The van der Waals surface area contributed by atoms with E-state index in [1.165, 1.54) is 5.56 Å². The van der Waals surface area contributed by atoms with Crippen LogP contribution in [-0.2, 0) is 17.9 Å².